The van der Waals surface area contributed by atoms with Gasteiger partial charge in [0.25, 0.3) is 0 Å². The molecule has 0 aliphatic carbocycles. The maximum atomic E-state index is 12.5. The lowest BCUT2D eigenvalue weighted by Crippen LogP contribution is -2.20. The van der Waals surface area contributed by atoms with Gasteiger partial charge in [-0.3, -0.25) is 0 Å². The van der Waals surface area contributed by atoms with Gasteiger partial charge in [-0.25, -0.2) is 4.98 Å². The third-order valence-corrected chi connectivity index (χ3v) is 2.46. The molecule has 0 fully saturated rings. The maximum absolute atomic E-state index is 12.5. The third kappa shape index (κ3) is 3.86. The molecule has 1 rings (SSSR count). The van der Waals surface area contributed by atoms with Crippen molar-refractivity contribution in [3.8, 4) is 5.88 Å². The molecule has 18 heavy (non-hydrogen) atoms. The first kappa shape index (κ1) is 15.3. The normalized spacial score (nSPS) is 12.7. The predicted molar refractivity (Wildman–Crippen MR) is 54.6 cm³/mol. The van der Waals surface area contributed by atoms with Crippen LogP contribution in [0.1, 0.15) is 11.3 Å². The molecule has 0 saturated heterocycles. The van der Waals surface area contributed by atoms with E-state index in [1.165, 1.54) is 22.6 Å². The molecule has 0 aliphatic rings. The van der Waals surface area contributed by atoms with Crippen molar-refractivity contribution in [3.63, 3.8) is 0 Å². The zero-order valence-corrected chi connectivity index (χ0v) is 10.4. The van der Waals surface area contributed by atoms with E-state index in [-0.39, 0.29) is 0 Å². The highest BCUT2D eigenvalue weighted by Gasteiger charge is 2.37. The lowest BCUT2D eigenvalue weighted by Gasteiger charge is -2.15. The minimum absolute atomic E-state index is 0.431. The average molecular weight is 387 g/mol. The molecule has 10 heteroatoms. The van der Waals surface area contributed by atoms with Crippen LogP contribution >= 0.6 is 22.6 Å². The SMILES string of the molecule is OCc1nc(OC(F)(F)F)c(I)cc1C(F)(F)F. The Kier molecular flexibility index (Phi) is 4.30. The van der Waals surface area contributed by atoms with E-state index >= 15 is 0 Å². The summed E-state index contributed by atoms with van der Waals surface area (Å²) in [5.74, 6) is -1.03. The van der Waals surface area contributed by atoms with Crippen molar-refractivity contribution in [1.82, 2.24) is 4.98 Å². The molecule has 1 N–H and O–H groups in total. The third-order valence-electron chi connectivity index (χ3n) is 1.69. The quantitative estimate of drug-likeness (QED) is 0.627. The van der Waals surface area contributed by atoms with E-state index in [2.05, 4.69) is 9.72 Å². The van der Waals surface area contributed by atoms with Gasteiger partial charge in [-0.05, 0) is 28.7 Å². The van der Waals surface area contributed by atoms with Gasteiger partial charge in [0.05, 0.1) is 21.4 Å². The summed E-state index contributed by atoms with van der Waals surface area (Å²) in [5, 5.41) is 8.69. The Morgan fingerprint density at radius 1 is 1.22 bits per heavy atom. The number of aliphatic hydroxyl groups is 1. The number of hydrogen-bond acceptors (Lipinski definition) is 3. The summed E-state index contributed by atoms with van der Waals surface area (Å²) in [6.07, 6.45) is -9.89. The fraction of sp³-hybridized carbons (Fsp3) is 0.375. The molecule has 0 unspecified atom stereocenters. The Hall–Kier alpha value is -0.780. The standard InChI is InChI=1S/C8H4F6INO2/c9-7(10,11)3-1-4(15)6(16-5(3)2-17)18-8(12,13)14/h1,17H,2H2. The van der Waals surface area contributed by atoms with Crippen LogP contribution in [0.2, 0.25) is 0 Å². The Balaban J connectivity index is 3.27. The molecule has 0 radical (unpaired) electrons. The molecular weight excluding hydrogens is 383 g/mol. The second-order valence-corrected chi connectivity index (χ2v) is 4.14. The van der Waals surface area contributed by atoms with E-state index in [1.54, 1.807) is 0 Å². The second-order valence-electron chi connectivity index (χ2n) is 2.97. The molecule has 0 bridgehead atoms. The van der Waals surface area contributed by atoms with E-state index < -0.39 is 39.9 Å². The number of aromatic nitrogens is 1. The number of aliphatic hydroxyl groups excluding tert-OH is 1. The van der Waals surface area contributed by atoms with Crippen molar-refractivity contribution in [2.24, 2.45) is 0 Å². The van der Waals surface area contributed by atoms with Crippen LogP contribution in [0.5, 0.6) is 5.88 Å². The summed E-state index contributed by atoms with van der Waals surface area (Å²) >= 11 is 1.23. The van der Waals surface area contributed by atoms with Crippen molar-refractivity contribution in [2.45, 2.75) is 19.1 Å². The van der Waals surface area contributed by atoms with Crippen LogP contribution in [-0.2, 0) is 12.8 Å². The van der Waals surface area contributed by atoms with Gasteiger partial charge < -0.3 is 9.84 Å². The molecule has 3 nitrogen and oxygen atoms in total. The minimum atomic E-state index is -5.07. The number of pyridine rings is 1. The van der Waals surface area contributed by atoms with Gasteiger partial charge in [0.1, 0.15) is 0 Å². The molecule has 1 aromatic rings. The summed E-state index contributed by atoms with van der Waals surface area (Å²) in [6.45, 7) is -1.15. The number of alkyl halides is 6. The second kappa shape index (κ2) is 5.07. The van der Waals surface area contributed by atoms with E-state index in [1.807, 2.05) is 0 Å². The Morgan fingerprint density at radius 3 is 2.17 bits per heavy atom. The number of hydrogen-bond donors (Lipinski definition) is 1. The van der Waals surface area contributed by atoms with Crippen molar-refractivity contribution >= 4 is 22.6 Å². The maximum Gasteiger partial charge on any atom is 0.574 e. The monoisotopic (exact) mass is 387 g/mol. The number of nitrogens with zero attached hydrogens (tertiary/aromatic N) is 1. The minimum Gasteiger partial charge on any atom is -0.390 e. The van der Waals surface area contributed by atoms with E-state index in [0.29, 0.717) is 6.07 Å². The lowest BCUT2D eigenvalue weighted by atomic mass is 10.2. The smallest absolute Gasteiger partial charge is 0.390 e. The molecule has 0 aromatic carbocycles. The molecule has 1 aromatic heterocycles. The van der Waals surface area contributed by atoms with E-state index in [4.69, 9.17) is 5.11 Å². The summed E-state index contributed by atoms with van der Waals surface area (Å²) in [7, 11) is 0. The van der Waals surface area contributed by atoms with Gasteiger partial charge in [-0.1, -0.05) is 0 Å². The van der Waals surface area contributed by atoms with Gasteiger partial charge >= 0.3 is 12.5 Å². The van der Waals surface area contributed by atoms with Crippen LogP contribution in [0.4, 0.5) is 26.3 Å². The van der Waals surface area contributed by atoms with Crippen molar-refractivity contribution in [3.05, 3.63) is 20.9 Å². The molecule has 0 amide bonds. The first-order chi connectivity index (χ1) is 8.04. The fourth-order valence-electron chi connectivity index (χ4n) is 1.06. The van der Waals surface area contributed by atoms with Crippen LogP contribution in [0.3, 0.4) is 0 Å². The molecule has 0 atom stereocenters. The summed E-state index contributed by atoms with van der Waals surface area (Å²) < 4.78 is 76.2. The van der Waals surface area contributed by atoms with Crippen LogP contribution < -0.4 is 4.74 Å². The van der Waals surface area contributed by atoms with Crippen molar-refractivity contribution in [2.75, 3.05) is 0 Å². The van der Waals surface area contributed by atoms with Gasteiger partial charge in [0.15, 0.2) is 0 Å². The zero-order chi connectivity index (χ0) is 14.1. The molecule has 1 heterocycles. The number of rotatable bonds is 2. The molecule has 0 spiro atoms. The predicted octanol–water partition coefficient (Wildman–Crippen LogP) is 3.10. The summed E-state index contributed by atoms with van der Waals surface area (Å²) in [5.41, 5.74) is -2.23. The average Bonchev–Trinajstić information content (AvgIpc) is 2.17. The van der Waals surface area contributed by atoms with Crippen LogP contribution in [-0.4, -0.2) is 16.5 Å². The van der Waals surface area contributed by atoms with Crippen LogP contribution in [0.15, 0.2) is 6.07 Å². The Morgan fingerprint density at radius 2 is 1.78 bits per heavy atom. The van der Waals surface area contributed by atoms with Gasteiger partial charge in [-0.15, -0.1) is 13.2 Å². The first-order valence-corrected chi connectivity index (χ1v) is 5.25. The topological polar surface area (TPSA) is 42.4 Å². The molecule has 102 valence electrons. The molecule has 0 saturated carbocycles. The number of halogens is 7. The first-order valence-electron chi connectivity index (χ1n) is 4.18. The highest BCUT2D eigenvalue weighted by atomic mass is 127. The molecular formula is C8H4F6INO2. The van der Waals surface area contributed by atoms with Gasteiger partial charge in [0.2, 0.25) is 5.88 Å². The summed E-state index contributed by atoms with van der Waals surface area (Å²) in [4.78, 5) is 3.02. The number of ether oxygens (including phenoxy) is 1. The van der Waals surface area contributed by atoms with Crippen LogP contribution in [0.25, 0.3) is 0 Å². The largest absolute Gasteiger partial charge is 0.574 e. The summed E-state index contributed by atoms with van der Waals surface area (Å²) in [6, 6.07) is 0.431. The highest BCUT2D eigenvalue weighted by Crippen LogP contribution is 2.35. The van der Waals surface area contributed by atoms with E-state index in [0.717, 1.165) is 0 Å². The Bertz CT molecular complexity index is 444. The van der Waals surface area contributed by atoms with Crippen molar-refractivity contribution < 1.29 is 36.2 Å². The molecule has 0 aliphatic heterocycles. The van der Waals surface area contributed by atoms with Crippen LogP contribution in [0, 0.1) is 3.57 Å². The zero-order valence-electron chi connectivity index (χ0n) is 8.23. The van der Waals surface area contributed by atoms with Crippen molar-refractivity contribution in [1.29, 1.82) is 0 Å². The van der Waals surface area contributed by atoms with E-state index in [9.17, 15) is 26.3 Å². The van der Waals surface area contributed by atoms with Gasteiger partial charge in [0, 0.05) is 0 Å². The Labute approximate surface area is 110 Å². The highest BCUT2D eigenvalue weighted by molar-refractivity contribution is 14.1. The fourth-order valence-corrected chi connectivity index (χ4v) is 1.60. The van der Waals surface area contributed by atoms with Gasteiger partial charge in [-0.2, -0.15) is 13.2 Å². The lowest BCUT2D eigenvalue weighted by molar-refractivity contribution is -0.276.